The predicted octanol–water partition coefficient (Wildman–Crippen LogP) is 7.63. The molecule has 0 aliphatic heterocycles. The number of fused-ring (bicyclic) bond motifs is 1. The summed E-state index contributed by atoms with van der Waals surface area (Å²) in [7, 11) is 7.49. The number of allylic oxidation sites excluding steroid dienone is 2. The first-order valence-electron chi connectivity index (χ1n) is 15.7. The monoisotopic (exact) mass is 682 g/mol. The standard InChI is InChI=1S/C39H38O11/c1-42-29-23-31(43-2)35-32(24-29)50-37(26-21-33(44-3)38(46-5)34(22-26)45-4)39(36(35)41)49-19-9-8-18-48-30-13-7-6-11-25(30)14-15-27(40)16-17-28-12-10-20-47-28/h6-7,10-17,20-24H,8-9,18-19H2,1-5H3/b15-14+,17-16+. The van der Waals surface area contributed by atoms with Gasteiger partial charge in [0.2, 0.25) is 16.9 Å². The number of carbonyl (C=O) groups excluding carboxylic acids is 1. The predicted molar refractivity (Wildman–Crippen MR) is 189 cm³/mol. The van der Waals surface area contributed by atoms with Gasteiger partial charge in [0.15, 0.2) is 23.0 Å². The molecule has 2 aromatic heterocycles. The molecule has 3 aromatic carbocycles. The Kier molecular flexibility index (Phi) is 11.9. The molecule has 11 heteroatoms. The molecule has 0 saturated heterocycles. The van der Waals surface area contributed by atoms with Crippen molar-refractivity contribution in [2.45, 2.75) is 12.8 Å². The zero-order valence-corrected chi connectivity index (χ0v) is 28.5. The van der Waals surface area contributed by atoms with Crippen LogP contribution in [0.4, 0.5) is 0 Å². The van der Waals surface area contributed by atoms with Crippen LogP contribution >= 0.6 is 0 Å². The van der Waals surface area contributed by atoms with Crippen LogP contribution in [0.3, 0.4) is 0 Å². The Hall–Kier alpha value is -6.10. The minimum Gasteiger partial charge on any atom is -0.496 e. The second-order valence-electron chi connectivity index (χ2n) is 10.7. The average molecular weight is 683 g/mol. The molecule has 0 bridgehead atoms. The second-order valence-corrected chi connectivity index (χ2v) is 10.7. The molecule has 0 spiro atoms. The zero-order valence-electron chi connectivity index (χ0n) is 28.5. The van der Waals surface area contributed by atoms with Gasteiger partial charge in [-0.1, -0.05) is 18.2 Å². The molecular weight excluding hydrogens is 644 g/mol. The number of unbranched alkanes of at least 4 members (excludes halogenated alkanes) is 1. The topological polar surface area (TPSA) is 125 Å². The molecule has 0 aliphatic rings. The molecule has 0 N–H and O–H groups in total. The summed E-state index contributed by atoms with van der Waals surface area (Å²) in [5.74, 6) is 3.08. The maximum Gasteiger partial charge on any atom is 0.239 e. The summed E-state index contributed by atoms with van der Waals surface area (Å²) in [5, 5.41) is 0.211. The van der Waals surface area contributed by atoms with Crippen LogP contribution in [-0.4, -0.2) is 54.5 Å². The molecule has 0 aliphatic carbocycles. The van der Waals surface area contributed by atoms with E-state index in [-0.39, 0.29) is 40.6 Å². The largest absolute Gasteiger partial charge is 0.496 e. The summed E-state index contributed by atoms with van der Waals surface area (Å²) in [6.07, 6.45) is 8.95. The molecule has 50 heavy (non-hydrogen) atoms. The number of ether oxygens (including phenoxy) is 7. The highest BCUT2D eigenvalue weighted by atomic mass is 16.5. The van der Waals surface area contributed by atoms with Crippen LogP contribution < -0.4 is 38.6 Å². The van der Waals surface area contributed by atoms with Gasteiger partial charge in [-0.05, 0) is 67.5 Å². The van der Waals surface area contributed by atoms with Gasteiger partial charge in [0.25, 0.3) is 0 Å². The van der Waals surface area contributed by atoms with Gasteiger partial charge in [0.05, 0.1) is 55.0 Å². The molecule has 11 nitrogen and oxygen atoms in total. The first-order valence-corrected chi connectivity index (χ1v) is 15.7. The molecule has 0 saturated carbocycles. The summed E-state index contributed by atoms with van der Waals surface area (Å²) in [4.78, 5) is 26.3. The summed E-state index contributed by atoms with van der Waals surface area (Å²) >= 11 is 0. The van der Waals surface area contributed by atoms with Crippen molar-refractivity contribution in [3.8, 4) is 51.6 Å². The normalized spacial score (nSPS) is 11.2. The number of furan rings is 1. The fourth-order valence-corrected chi connectivity index (χ4v) is 5.14. The number of carbonyl (C=O) groups is 1. The van der Waals surface area contributed by atoms with Crippen molar-refractivity contribution < 1.29 is 46.8 Å². The van der Waals surface area contributed by atoms with Crippen LogP contribution in [0.15, 0.2) is 92.7 Å². The smallest absolute Gasteiger partial charge is 0.239 e. The maximum atomic E-state index is 14.0. The van der Waals surface area contributed by atoms with Gasteiger partial charge < -0.3 is 42.0 Å². The van der Waals surface area contributed by atoms with E-state index in [1.165, 1.54) is 47.7 Å². The van der Waals surface area contributed by atoms with Gasteiger partial charge in [0, 0.05) is 23.3 Å². The van der Waals surface area contributed by atoms with E-state index in [0.717, 1.165) is 5.56 Å². The fourth-order valence-electron chi connectivity index (χ4n) is 5.14. The molecule has 0 radical (unpaired) electrons. The van der Waals surface area contributed by atoms with Crippen molar-refractivity contribution in [3.63, 3.8) is 0 Å². The van der Waals surface area contributed by atoms with E-state index in [1.807, 2.05) is 24.3 Å². The first-order chi connectivity index (χ1) is 24.4. The highest BCUT2D eigenvalue weighted by molar-refractivity contribution is 6.04. The lowest BCUT2D eigenvalue weighted by molar-refractivity contribution is -0.110. The lowest BCUT2D eigenvalue weighted by atomic mass is 10.1. The Morgan fingerprint density at radius 3 is 2.06 bits per heavy atom. The Balaban J connectivity index is 1.32. The maximum absolute atomic E-state index is 14.0. The zero-order chi connectivity index (χ0) is 35.5. The Morgan fingerprint density at radius 2 is 1.40 bits per heavy atom. The molecule has 0 unspecified atom stereocenters. The number of hydrogen-bond donors (Lipinski definition) is 0. The van der Waals surface area contributed by atoms with Gasteiger partial charge in [-0.3, -0.25) is 9.59 Å². The van der Waals surface area contributed by atoms with Crippen molar-refractivity contribution in [2.24, 2.45) is 0 Å². The summed E-state index contributed by atoms with van der Waals surface area (Å²) < 4.78 is 51.3. The third-order valence-electron chi connectivity index (χ3n) is 7.62. The number of para-hydroxylation sites is 1. The Labute approximate surface area is 289 Å². The van der Waals surface area contributed by atoms with Crippen LogP contribution in [0.1, 0.15) is 24.2 Å². The highest BCUT2D eigenvalue weighted by Crippen LogP contribution is 2.44. The van der Waals surface area contributed by atoms with E-state index in [2.05, 4.69) is 0 Å². The summed E-state index contributed by atoms with van der Waals surface area (Å²) in [5.41, 5.74) is 1.06. The van der Waals surface area contributed by atoms with Crippen molar-refractivity contribution in [2.75, 3.05) is 48.8 Å². The molecule has 260 valence electrons. The number of ketones is 1. The molecule has 5 rings (SSSR count). The molecule has 2 heterocycles. The van der Waals surface area contributed by atoms with Gasteiger partial charge in [-0.25, -0.2) is 0 Å². The van der Waals surface area contributed by atoms with Gasteiger partial charge in [0.1, 0.15) is 34.0 Å². The van der Waals surface area contributed by atoms with Crippen LogP contribution in [0, 0.1) is 0 Å². The van der Waals surface area contributed by atoms with Crippen molar-refractivity contribution in [1.82, 2.24) is 0 Å². The lowest BCUT2D eigenvalue weighted by Gasteiger charge is -2.17. The second kappa shape index (κ2) is 16.8. The number of methoxy groups -OCH3 is 5. The molecule has 0 amide bonds. The van der Waals surface area contributed by atoms with Crippen LogP contribution in [0.5, 0.6) is 40.2 Å². The molecule has 5 aromatic rings. The van der Waals surface area contributed by atoms with Crippen molar-refractivity contribution in [1.29, 1.82) is 0 Å². The van der Waals surface area contributed by atoms with E-state index in [1.54, 1.807) is 54.8 Å². The third kappa shape index (κ3) is 8.12. The van der Waals surface area contributed by atoms with Crippen molar-refractivity contribution in [3.05, 3.63) is 101 Å². The Bertz CT molecular complexity index is 2010. The number of hydrogen-bond acceptors (Lipinski definition) is 11. The van der Waals surface area contributed by atoms with E-state index in [0.29, 0.717) is 59.5 Å². The van der Waals surface area contributed by atoms with Gasteiger partial charge in [-0.15, -0.1) is 0 Å². The van der Waals surface area contributed by atoms with E-state index in [4.69, 9.17) is 42.0 Å². The van der Waals surface area contributed by atoms with E-state index in [9.17, 15) is 9.59 Å². The van der Waals surface area contributed by atoms with E-state index >= 15 is 0 Å². The van der Waals surface area contributed by atoms with Gasteiger partial charge >= 0.3 is 0 Å². The van der Waals surface area contributed by atoms with Crippen LogP contribution in [0.25, 0.3) is 34.4 Å². The molecular formula is C39H38O11. The van der Waals surface area contributed by atoms with Crippen LogP contribution in [0.2, 0.25) is 0 Å². The summed E-state index contributed by atoms with van der Waals surface area (Å²) in [6.45, 7) is 0.563. The lowest BCUT2D eigenvalue weighted by Crippen LogP contribution is -2.13. The SMILES string of the molecule is COc1cc(OC)c2c(=O)c(OCCCCOc3ccccc3/C=C/C(=O)/C=C/c3ccco3)c(-c3cc(OC)c(OC)c(OC)c3)oc2c1. The number of rotatable bonds is 17. The minimum atomic E-state index is -0.417. The van der Waals surface area contributed by atoms with Crippen molar-refractivity contribution >= 4 is 28.9 Å². The van der Waals surface area contributed by atoms with E-state index < -0.39 is 5.43 Å². The minimum absolute atomic E-state index is 0.00240. The Morgan fingerprint density at radius 1 is 0.700 bits per heavy atom. The van der Waals surface area contributed by atoms with Crippen LogP contribution in [-0.2, 0) is 4.79 Å². The first kappa shape index (κ1) is 35.2. The number of benzene rings is 3. The average Bonchev–Trinajstić information content (AvgIpc) is 3.68. The summed E-state index contributed by atoms with van der Waals surface area (Å²) in [6, 6.07) is 17.5. The van der Waals surface area contributed by atoms with Gasteiger partial charge in [-0.2, -0.15) is 0 Å². The third-order valence-corrected chi connectivity index (χ3v) is 7.62. The highest BCUT2D eigenvalue weighted by Gasteiger charge is 2.24. The molecule has 0 fully saturated rings. The molecule has 0 atom stereocenters. The quantitative estimate of drug-likeness (QED) is 0.0710. The fraction of sp³-hybridized carbons (Fsp3) is 0.231.